The quantitative estimate of drug-likeness (QED) is 0.0169. The summed E-state index contributed by atoms with van der Waals surface area (Å²) in [6.07, 6.45) is -2.45. The zero-order valence-electron chi connectivity index (χ0n) is 38.4. The summed E-state index contributed by atoms with van der Waals surface area (Å²) in [5.41, 5.74) is 38.2. The number of hydrogen-bond acceptors (Lipinski definition) is 16. The van der Waals surface area contributed by atoms with E-state index in [1.54, 1.807) is 0 Å². The van der Waals surface area contributed by atoms with Crippen molar-refractivity contribution < 1.29 is 63.6 Å². The average Bonchev–Trinajstić information content (AvgIpc) is 3.77. The lowest BCUT2D eigenvalue weighted by Gasteiger charge is -2.31. The molecule has 0 spiro atoms. The van der Waals surface area contributed by atoms with Crippen LogP contribution in [0, 0.1) is 0 Å². The van der Waals surface area contributed by atoms with Gasteiger partial charge >= 0.3 is 5.97 Å². The Labute approximate surface area is 392 Å². The number of unbranched alkanes of at least 4 members (excludes halogenated alkanes) is 1. The third-order valence-electron chi connectivity index (χ3n) is 10.6. The van der Waals surface area contributed by atoms with Crippen molar-refractivity contribution >= 4 is 65.1 Å². The third-order valence-corrected chi connectivity index (χ3v) is 10.6. The van der Waals surface area contributed by atoms with Crippen LogP contribution in [0.5, 0.6) is 0 Å². The van der Waals surface area contributed by atoms with Crippen LogP contribution in [0.3, 0.4) is 0 Å². The van der Waals surface area contributed by atoms with Gasteiger partial charge in [-0.2, -0.15) is 0 Å². The Bertz CT molecular complexity index is 1780. The highest BCUT2D eigenvalue weighted by molar-refractivity contribution is 5.98. The summed E-state index contributed by atoms with van der Waals surface area (Å²) < 4.78 is 0. The van der Waals surface area contributed by atoms with Crippen LogP contribution in [-0.2, 0) is 43.2 Å². The molecule has 29 heteroatoms. The molecule has 1 heterocycles. The van der Waals surface area contributed by atoms with Gasteiger partial charge in [0.25, 0.3) is 0 Å². The molecule has 1 aliphatic rings. The Morgan fingerprint density at radius 2 is 1.13 bits per heavy atom. The van der Waals surface area contributed by atoms with E-state index in [2.05, 4.69) is 41.9 Å². The van der Waals surface area contributed by atoms with Crippen molar-refractivity contribution in [2.45, 2.75) is 145 Å². The predicted molar refractivity (Wildman–Crippen MR) is 244 cm³/mol. The van der Waals surface area contributed by atoms with E-state index in [1.165, 1.54) is 11.8 Å². The van der Waals surface area contributed by atoms with E-state index in [0.29, 0.717) is 12.8 Å². The molecule has 10 unspecified atom stereocenters. The zero-order chi connectivity index (χ0) is 51.7. The molecule has 29 nitrogen and oxygen atoms in total. The number of nitrogens with two attached hydrogens (primary N) is 7. The number of nitrogens with one attached hydrogen (secondary N) is 6. The van der Waals surface area contributed by atoms with Gasteiger partial charge in [-0.1, -0.05) is 0 Å². The number of aliphatic hydroxyl groups is 3. The molecular weight excluding hydrogens is 901 g/mol. The molecule has 0 aromatic heterocycles. The molecule has 1 rings (SSSR count). The summed E-state index contributed by atoms with van der Waals surface area (Å²) in [7, 11) is 0. The second-order valence-corrected chi connectivity index (χ2v) is 16.2. The Morgan fingerprint density at radius 1 is 0.632 bits per heavy atom. The highest BCUT2D eigenvalue weighted by Gasteiger charge is 2.40. The molecule has 68 heavy (non-hydrogen) atoms. The molecule has 0 aliphatic carbocycles. The average molecular weight is 973 g/mol. The monoisotopic (exact) mass is 973 g/mol. The summed E-state index contributed by atoms with van der Waals surface area (Å²) >= 11 is 0. The van der Waals surface area contributed by atoms with Crippen LogP contribution in [0.15, 0.2) is 9.98 Å². The van der Waals surface area contributed by atoms with Crippen molar-refractivity contribution in [2.75, 3.05) is 32.8 Å². The van der Waals surface area contributed by atoms with Gasteiger partial charge in [0.2, 0.25) is 47.3 Å². The number of carbonyl (C=O) groups is 9. The maximum atomic E-state index is 14.3. The van der Waals surface area contributed by atoms with E-state index in [-0.39, 0.29) is 83.0 Å². The van der Waals surface area contributed by atoms with E-state index < -0.39 is 133 Å². The van der Waals surface area contributed by atoms with Crippen molar-refractivity contribution in [3.63, 3.8) is 0 Å². The van der Waals surface area contributed by atoms with Crippen LogP contribution in [0.1, 0.15) is 84.5 Å². The Hall–Kier alpha value is -6.43. The minimum absolute atomic E-state index is 0.0294. The lowest BCUT2D eigenvalue weighted by atomic mass is 10.0. The second-order valence-electron chi connectivity index (χ2n) is 16.2. The van der Waals surface area contributed by atoms with Crippen LogP contribution < -0.4 is 72.0 Å². The largest absolute Gasteiger partial charge is 0.480 e. The number of hydrogen-bond donors (Lipinski definition) is 17. The predicted octanol–water partition coefficient (Wildman–Crippen LogP) is -8.45. The SMILES string of the molecule is CC(O)C(N)C(=O)NC(C(=O)NC(CO)C(=O)NC(CCC(N)=O)C(=O)NC(CCCCN)C(=O)NC(CCCN=C(N)N)C(=O)N1CCCC1C(=O)NC(CCCN=C(N)N)C(=O)O)C(C)O. The number of carbonyl (C=O) groups excluding carboxylic acids is 8. The molecule has 0 saturated carbocycles. The van der Waals surface area contributed by atoms with Gasteiger partial charge < -0.3 is 97.4 Å². The zero-order valence-corrected chi connectivity index (χ0v) is 38.4. The van der Waals surface area contributed by atoms with E-state index in [1.807, 2.05) is 0 Å². The normalized spacial score (nSPS) is 17.2. The Morgan fingerprint density at radius 3 is 1.62 bits per heavy atom. The number of amides is 8. The number of primary amides is 1. The molecule has 8 amide bonds. The fourth-order valence-corrected chi connectivity index (χ4v) is 6.76. The summed E-state index contributed by atoms with van der Waals surface area (Å²) in [5.74, 6) is -9.38. The summed E-state index contributed by atoms with van der Waals surface area (Å²) in [6.45, 7) is 1.68. The summed E-state index contributed by atoms with van der Waals surface area (Å²) in [4.78, 5) is 128. The number of aliphatic hydroxyl groups excluding tert-OH is 3. The van der Waals surface area contributed by atoms with Gasteiger partial charge in [-0.15, -0.1) is 0 Å². The van der Waals surface area contributed by atoms with E-state index in [9.17, 15) is 63.6 Å². The first kappa shape index (κ1) is 59.6. The molecule has 386 valence electrons. The molecule has 1 aliphatic heterocycles. The number of nitrogens with zero attached hydrogens (tertiary/aromatic N) is 3. The number of rotatable bonds is 32. The molecule has 10 atom stereocenters. The maximum Gasteiger partial charge on any atom is 0.326 e. The minimum atomic E-state index is -1.81. The Kier molecular flexibility index (Phi) is 27.0. The fourth-order valence-electron chi connectivity index (χ4n) is 6.76. The van der Waals surface area contributed by atoms with Crippen molar-refractivity contribution in [1.29, 1.82) is 0 Å². The molecule has 24 N–H and O–H groups in total. The first-order valence-corrected chi connectivity index (χ1v) is 22.1. The van der Waals surface area contributed by atoms with Gasteiger partial charge in [-0.25, -0.2) is 4.79 Å². The topological polar surface area (TPSA) is 517 Å². The van der Waals surface area contributed by atoms with Crippen molar-refractivity contribution in [2.24, 2.45) is 50.1 Å². The van der Waals surface area contributed by atoms with E-state index in [0.717, 1.165) is 6.92 Å². The highest BCUT2D eigenvalue weighted by Crippen LogP contribution is 2.21. The molecule has 0 aromatic rings. The Balaban J connectivity index is 3.42. The van der Waals surface area contributed by atoms with Crippen LogP contribution in [0.4, 0.5) is 0 Å². The smallest absolute Gasteiger partial charge is 0.326 e. The standard InChI is InChI=1S/C39H72N16O13/c1-19(57)28(42)34(64)54-29(20(2)58)35(65)53-25(18-56)32(62)50-22(12-13-27(41)59)31(61)49-21(8-3-4-14-40)30(60)51-23(9-5-15-47-38(43)44)36(66)55-17-7-11-26(55)33(63)52-24(37(67)68)10-6-16-48-39(45)46/h19-26,28-29,56-58H,3-18,40,42H2,1-2H3,(H2,41,59)(H,49,61)(H,50,62)(H,51,60)(H,52,63)(H,53,65)(H,54,64)(H,67,68)(H4,43,44,47)(H4,45,46,48). The molecule has 0 radical (unpaired) electrons. The van der Waals surface area contributed by atoms with Gasteiger partial charge in [-0.3, -0.25) is 48.3 Å². The third kappa shape index (κ3) is 21.5. The minimum Gasteiger partial charge on any atom is -0.480 e. The van der Waals surface area contributed by atoms with Crippen LogP contribution >= 0.6 is 0 Å². The number of likely N-dealkylation sites (tertiary alicyclic amines) is 1. The van der Waals surface area contributed by atoms with Crippen molar-refractivity contribution in [1.82, 2.24) is 36.8 Å². The van der Waals surface area contributed by atoms with Gasteiger partial charge in [0, 0.05) is 26.1 Å². The summed E-state index contributed by atoms with van der Waals surface area (Å²) in [6, 6.07) is -11.9. The number of carboxylic acid groups (broad SMARTS) is 1. The second kappa shape index (κ2) is 30.8. The van der Waals surface area contributed by atoms with E-state index >= 15 is 0 Å². The first-order valence-electron chi connectivity index (χ1n) is 22.1. The van der Waals surface area contributed by atoms with E-state index in [4.69, 9.17) is 40.1 Å². The van der Waals surface area contributed by atoms with Gasteiger partial charge in [-0.05, 0) is 84.6 Å². The van der Waals surface area contributed by atoms with Crippen molar-refractivity contribution in [3.05, 3.63) is 0 Å². The van der Waals surface area contributed by atoms with Crippen LogP contribution in [0.25, 0.3) is 0 Å². The molecular formula is C39H72N16O13. The summed E-state index contributed by atoms with van der Waals surface area (Å²) in [5, 5.41) is 53.9. The molecule has 0 aromatic carbocycles. The maximum absolute atomic E-state index is 14.3. The molecule has 1 saturated heterocycles. The van der Waals surface area contributed by atoms with Gasteiger partial charge in [0.05, 0.1) is 18.8 Å². The lowest BCUT2D eigenvalue weighted by Crippen LogP contribution is -2.62. The van der Waals surface area contributed by atoms with Crippen LogP contribution in [0.2, 0.25) is 0 Å². The number of aliphatic imine (C=N–C) groups is 2. The molecule has 0 bridgehead atoms. The lowest BCUT2D eigenvalue weighted by molar-refractivity contribution is -0.145. The van der Waals surface area contributed by atoms with Crippen molar-refractivity contribution in [3.8, 4) is 0 Å². The fraction of sp³-hybridized carbons (Fsp3) is 0.718. The number of guanidine groups is 2. The first-order chi connectivity index (χ1) is 31.9. The number of aliphatic carboxylic acids is 1. The number of carboxylic acids is 1. The van der Waals surface area contributed by atoms with Gasteiger partial charge in [0.15, 0.2) is 11.9 Å². The van der Waals surface area contributed by atoms with Crippen LogP contribution in [-0.4, -0.2) is 184 Å². The van der Waals surface area contributed by atoms with Gasteiger partial charge in [0.1, 0.15) is 48.3 Å². The molecule has 1 fully saturated rings. The highest BCUT2D eigenvalue weighted by atomic mass is 16.4.